The van der Waals surface area contributed by atoms with Crippen molar-refractivity contribution in [1.82, 2.24) is 9.55 Å². The van der Waals surface area contributed by atoms with Crippen molar-refractivity contribution in [2.24, 2.45) is 0 Å². The van der Waals surface area contributed by atoms with E-state index in [4.69, 9.17) is 4.74 Å². The fourth-order valence-electron chi connectivity index (χ4n) is 0.880. The van der Waals surface area contributed by atoms with Crippen LogP contribution in [0.2, 0.25) is 0 Å². The highest BCUT2D eigenvalue weighted by molar-refractivity contribution is 9.10. The summed E-state index contributed by atoms with van der Waals surface area (Å²) in [5.74, 6) is 0. The monoisotopic (exact) mass is 218 g/mol. The van der Waals surface area contributed by atoms with Crippen LogP contribution in [0.4, 0.5) is 0 Å². The van der Waals surface area contributed by atoms with Crippen LogP contribution in [0.25, 0.3) is 0 Å². The van der Waals surface area contributed by atoms with Gasteiger partial charge < -0.3 is 9.30 Å². The van der Waals surface area contributed by atoms with Crippen molar-refractivity contribution in [1.29, 1.82) is 0 Å². The number of rotatable bonds is 3. The molecule has 1 aromatic heterocycles. The van der Waals surface area contributed by atoms with Crippen molar-refractivity contribution in [2.75, 3.05) is 13.7 Å². The second kappa shape index (κ2) is 3.88. The first-order valence-electron chi connectivity index (χ1n) is 3.42. The van der Waals surface area contributed by atoms with Gasteiger partial charge in [0, 0.05) is 13.3 Å². The van der Waals surface area contributed by atoms with Gasteiger partial charge in [0.1, 0.15) is 4.60 Å². The highest BCUT2D eigenvalue weighted by atomic mass is 79.9. The quantitative estimate of drug-likeness (QED) is 0.775. The van der Waals surface area contributed by atoms with Crippen LogP contribution in [-0.4, -0.2) is 23.3 Å². The molecular weight excluding hydrogens is 208 g/mol. The van der Waals surface area contributed by atoms with Gasteiger partial charge in [-0.2, -0.15) is 0 Å². The van der Waals surface area contributed by atoms with Gasteiger partial charge in [0.2, 0.25) is 0 Å². The molecule has 0 fully saturated rings. The van der Waals surface area contributed by atoms with Gasteiger partial charge in [0.15, 0.2) is 0 Å². The highest BCUT2D eigenvalue weighted by Gasteiger charge is 2.03. The lowest BCUT2D eigenvalue weighted by atomic mass is 10.4. The number of hydrogen-bond acceptors (Lipinski definition) is 2. The van der Waals surface area contributed by atoms with E-state index in [9.17, 15) is 0 Å². The number of methoxy groups -OCH3 is 1. The topological polar surface area (TPSA) is 27.1 Å². The Balaban J connectivity index is 2.60. The lowest BCUT2D eigenvalue weighted by molar-refractivity contribution is 0.162. The molecule has 11 heavy (non-hydrogen) atoms. The second-order valence-corrected chi connectivity index (χ2v) is 3.26. The molecule has 0 saturated heterocycles. The summed E-state index contributed by atoms with van der Waals surface area (Å²) in [4.78, 5) is 4.04. The van der Waals surface area contributed by atoms with Gasteiger partial charge in [-0.25, -0.2) is 4.98 Å². The summed E-state index contributed by atoms with van der Waals surface area (Å²) in [5, 5.41) is 0. The Morgan fingerprint density at radius 1 is 1.82 bits per heavy atom. The predicted molar refractivity (Wildman–Crippen MR) is 46.5 cm³/mol. The van der Waals surface area contributed by atoms with Gasteiger partial charge in [0.05, 0.1) is 19.0 Å². The Morgan fingerprint density at radius 3 is 3.00 bits per heavy atom. The van der Waals surface area contributed by atoms with E-state index in [2.05, 4.69) is 27.8 Å². The zero-order chi connectivity index (χ0) is 8.27. The molecule has 0 N–H and O–H groups in total. The molecule has 62 valence electrons. The Morgan fingerprint density at radius 2 is 2.55 bits per heavy atom. The summed E-state index contributed by atoms with van der Waals surface area (Å²) in [6.07, 6.45) is 3.72. The fraction of sp³-hybridized carbons (Fsp3) is 0.571. The molecule has 1 heterocycles. The van der Waals surface area contributed by atoms with E-state index < -0.39 is 0 Å². The molecule has 0 radical (unpaired) electrons. The van der Waals surface area contributed by atoms with Crippen molar-refractivity contribution in [3.8, 4) is 0 Å². The minimum Gasteiger partial charge on any atom is -0.383 e. The maximum Gasteiger partial charge on any atom is 0.124 e. The van der Waals surface area contributed by atoms with Crippen molar-refractivity contribution < 1.29 is 4.74 Å². The average Bonchev–Trinajstić information content (AvgIpc) is 2.36. The molecule has 0 aliphatic rings. The van der Waals surface area contributed by atoms with Crippen LogP contribution in [0.1, 0.15) is 13.0 Å². The van der Waals surface area contributed by atoms with Gasteiger partial charge in [0.25, 0.3) is 0 Å². The van der Waals surface area contributed by atoms with E-state index in [0.29, 0.717) is 12.6 Å². The molecule has 1 aromatic rings. The van der Waals surface area contributed by atoms with Gasteiger partial charge in [-0.05, 0) is 22.9 Å². The van der Waals surface area contributed by atoms with Crippen LogP contribution in [0.3, 0.4) is 0 Å². The maximum absolute atomic E-state index is 5.00. The standard InChI is InChI=1S/C7H11BrN2O/c1-6(4-11-2)10-3-7(8)9-5-10/h3,5-6H,4H2,1-2H3. The lowest BCUT2D eigenvalue weighted by Gasteiger charge is -2.10. The van der Waals surface area contributed by atoms with E-state index in [1.807, 2.05) is 10.8 Å². The zero-order valence-electron chi connectivity index (χ0n) is 6.62. The second-order valence-electron chi connectivity index (χ2n) is 2.45. The molecule has 0 bridgehead atoms. The molecule has 0 aliphatic carbocycles. The molecule has 0 aliphatic heterocycles. The van der Waals surface area contributed by atoms with Crippen LogP contribution in [-0.2, 0) is 4.74 Å². The Hall–Kier alpha value is -0.350. The SMILES string of the molecule is COCC(C)n1cnc(Br)c1. The molecular formula is C7H11BrN2O. The van der Waals surface area contributed by atoms with Gasteiger partial charge in [-0.15, -0.1) is 0 Å². The molecule has 4 heteroatoms. The minimum atomic E-state index is 0.346. The molecule has 0 amide bonds. The summed E-state index contributed by atoms with van der Waals surface area (Å²) in [7, 11) is 1.70. The third-order valence-electron chi connectivity index (χ3n) is 1.49. The molecule has 0 saturated carbocycles. The van der Waals surface area contributed by atoms with Crippen molar-refractivity contribution in [3.63, 3.8) is 0 Å². The van der Waals surface area contributed by atoms with E-state index in [1.54, 1.807) is 13.4 Å². The average molecular weight is 219 g/mol. The first-order valence-corrected chi connectivity index (χ1v) is 4.21. The number of aromatic nitrogens is 2. The first-order chi connectivity index (χ1) is 5.24. The van der Waals surface area contributed by atoms with E-state index in [1.165, 1.54) is 0 Å². The number of halogens is 1. The smallest absolute Gasteiger partial charge is 0.124 e. The van der Waals surface area contributed by atoms with Crippen molar-refractivity contribution in [2.45, 2.75) is 13.0 Å². The lowest BCUT2D eigenvalue weighted by Crippen LogP contribution is -2.08. The van der Waals surface area contributed by atoms with Crippen LogP contribution in [0.15, 0.2) is 17.1 Å². The molecule has 1 unspecified atom stereocenters. The van der Waals surface area contributed by atoms with Crippen LogP contribution in [0.5, 0.6) is 0 Å². The maximum atomic E-state index is 5.00. The normalized spacial score (nSPS) is 13.4. The first kappa shape index (κ1) is 8.74. The molecule has 1 rings (SSSR count). The number of imidazole rings is 1. The minimum absolute atomic E-state index is 0.346. The van der Waals surface area contributed by atoms with Crippen LogP contribution < -0.4 is 0 Å². The largest absolute Gasteiger partial charge is 0.383 e. The number of hydrogen-bond donors (Lipinski definition) is 0. The summed E-state index contributed by atoms with van der Waals surface area (Å²) < 4.78 is 7.87. The van der Waals surface area contributed by atoms with E-state index in [-0.39, 0.29) is 0 Å². The fourth-order valence-corrected chi connectivity index (χ4v) is 1.21. The van der Waals surface area contributed by atoms with Crippen LogP contribution in [0, 0.1) is 0 Å². The molecule has 1 atom stereocenters. The zero-order valence-corrected chi connectivity index (χ0v) is 8.21. The summed E-state index contributed by atoms with van der Waals surface area (Å²) in [5.41, 5.74) is 0. The van der Waals surface area contributed by atoms with Crippen LogP contribution >= 0.6 is 15.9 Å². The summed E-state index contributed by atoms with van der Waals surface area (Å²) in [6, 6.07) is 0.346. The van der Waals surface area contributed by atoms with Gasteiger partial charge in [-0.3, -0.25) is 0 Å². The molecule has 3 nitrogen and oxygen atoms in total. The third kappa shape index (κ3) is 2.31. The molecule has 0 spiro atoms. The van der Waals surface area contributed by atoms with E-state index >= 15 is 0 Å². The summed E-state index contributed by atoms with van der Waals surface area (Å²) >= 11 is 3.28. The third-order valence-corrected chi connectivity index (χ3v) is 1.90. The van der Waals surface area contributed by atoms with Gasteiger partial charge in [-0.1, -0.05) is 0 Å². The Kier molecular flexibility index (Phi) is 3.08. The van der Waals surface area contributed by atoms with Crippen molar-refractivity contribution in [3.05, 3.63) is 17.1 Å². The predicted octanol–water partition coefficient (Wildman–Crippen LogP) is 1.85. The Bertz CT molecular complexity index is 224. The van der Waals surface area contributed by atoms with E-state index in [0.717, 1.165) is 4.60 Å². The molecule has 0 aromatic carbocycles. The number of ether oxygens (including phenoxy) is 1. The summed E-state index contributed by atoms with van der Waals surface area (Å²) in [6.45, 7) is 2.79. The Labute approximate surface area is 74.5 Å². The number of nitrogens with zero attached hydrogens (tertiary/aromatic N) is 2. The van der Waals surface area contributed by atoms with Gasteiger partial charge >= 0.3 is 0 Å². The highest BCUT2D eigenvalue weighted by Crippen LogP contribution is 2.10. The van der Waals surface area contributed by atoms with Crippen molar-refractivity contribution >= 4 is 15.9 Å².